The fraction of sp³-hybridized carbons (Fsp3) is 0.571. The summed E-state index contributed by atoms with van der Waals surface area (Å²) in [5.74, 6) is 0.735. The van der Waals surface area contributed by atoms with Gasteiger partial charge >= 0.3 is 0 Å². The third-order valence-electron chi connectivity index (χ3n) is 3.95. The average Bonchev–Trinajstić information content (AvgIpc) is 3.19. The van der Waals surface area contributed by atoms with Gasteiger partial charge in [-0.15, -0.1) is 0 Å². The van der Waals surface area contributed by atoms with Crippen molar-refractivity contribution in [3.63, 3.8) is 0 Å². The molecule has 2 aliphatic rings. The first-order valence-corrected chi connectivity index (χ1v) is 7.42. The van der Waals surface area contributed by atoms with Crippen molar-refractivity contribution < 1.29 is 4.39 Å². The van der Waals surface area contributed by atoms with Crippen molar-refractivity contribution in [2.45, 2.75) is 25.4 Å². The minimum atomic E-state index is -0.0914. The van der Waals surface area contributed by atoms with Gasteiger partial charge in [-0.1, -0.05) is 15.9 Å². The maximum atomic E-state index is 13.8. The standard InChI is InChI=1S/C14H18BrFN2/c15-12-3-4-13(16)11(7-12)9-18-6-5-17-8-14(18)10-1-2-10/h3-4,7,10,14,17H,1-2,5-6,8-9H2. The monoisotopic (exact) mass is 312 g/mol. The van der Waals surface area contributed by atoms with Gasteiger partial charge in [0.05, 0.1) is 0 Å². The fourth-order valence-corrected chi connectivity index (χ4v) is 3.20. The molecule has 3 rings (SSSR count). The Kier molecular flexibility index (Phi) is 3.68. The Morgan fingerprint density at radius 3 is 3.00 bits per heavy atom. The predicted octanol–water partition coefficient (Wildman–Crippen LogP) is 2.77. The predicted molar refractivity (Wildman–Crippen MR) is 73.9 cm³/mol. The molecule has 2 nitrogen and oxygen atoms in total. The Morgan fingerprint density at radius 2 is 2.22 bits per heavy atom. The summed E-state index contributed by atoms with van der Waals surface area (Å²) in [7, 11) is 0. The van der Waals surface area contributed by atoms with Crippen molar-refractivity contribution in [1.29, 1.82) is 0 Å². The minimum Gasteiger partial charge on any atom is -0.314 e. The van der Waals surface area contributed by atoms with Crippen molar-refractivity contribution in [1.82, 2.24) is 10.2 Å². The molecule has 98 valence electrons. The Hall–Kier alpha value is -0.450. The summed E-state index contributed by atoms with van der Waals surface area (Å²) in [6, 6.07) is 5.81. The lowest BCUT2D eigenvalue weighted by atomic mass is 10.1. The molecule has 1 atom stereocenters. The highest BCUT2D eigenvalue weighted by Gasteiger charge is 2.36. The second-order valence-corrected chi connectivity index (χ2v) is 6.23. The first-order chi connectivity index (χ1) is 8.74. The molecule has 2 fully saturated rings. The second-order valence-electron chi connectivity index (χ2n) is 5.32. The number of rotatable bonds is 3. The number of hydrogen-bond donors (Lipinski definition) is 1. The van der Waals surface area contributed by atoms with E-state index in [4.69, 9.17) is 0 Å². The van der Waals surface area contributed by atoms with Crippen molar-refractivity contribution >= 4 is 15.9 Å². The molecule has 1 heterocycles. The quantitative estimate of drug-likeness (QED) is 0.923. The van der Waals surface area contributed by atoms with Gasteiger partial charge in [0.1, 0.15) is 5.82 Å². The second kappa shape index (κ2) is 5.27. The van der Waals surface area contributed by atoms with Crippen molar-refractivity contribution in [2.24, 2.45) is 5.92 Å². The third-order valence-corrected chi connectivity index (χ3v) is 4.44. The molecule has 0 amide bonds. The van der Waals surface area contributed by atoms with Crippen LogP contribution in [0.1, 0.15) is 18.4 Å². The highest BCUT2D eigenvalue weighted by atomic mass is 79.9. The number of hydrogen-bond acceptors (Lipinski definition) is 2. The molecule has 1 N–H and O–H groups in total. The molecule has 1 saturated carbocycles. The van der Waals surface area contributed by atoms with Gasteiger partial charge in [-0.3, -0.25) is 4.90 Å². The van der Waals surface area contributed by atoms with E-state index in [0.717, 1.165) is 42.1 Å². The lowest BCUT2D eigenvalue weighted by Gasteiger charge is -2.36. The maximum Gasteiger partial charge on any atom is 0.127 e. The van der Waals surface area contributed by atoms with Crippen LogP contribution in [0.3, 0.4) is 0 Å². The van der Waals surface area contributed by atoms with Gasteiger partial charge in [-0.25, -0.2) is 4.39 Å². The molecule has 1 saturated heterocycles. The minimum absolute atomic E-state index is 0.0914. The third kappa shape index (κ3) is 2.76. The zero-order valence-corrected chi connectivity index (χ0v) is 11.9. The average molecular weight is 313 g/mol. The topological polar surface area (TPSA) is 15.3 Å². The number of piperazine rings is 1. The molecule has 0 bridgehead atoms. The molecule has 1 aromatic rings. The van der Waals surface area contributed by atoms with E-state index < -0.39 is 0 Å². The van der Waals surface area contributed by atoms with Crippen LogP contribution in [0.15, 0.2) is 22.7 Å². The van der Waals surface area contributed by atoms with Crippen LogP contribution in [0.25, 0.3) is 0 Å². The zero-order chi connectivity index (χ0) is 12.5. The summed E-state index contributed by atoms with van der Waals surface area (Å²) in [4.78, 5) is 2.44. The van der Waals surface area contributed by atoms with Crippen molar-refractivity contribution in [3.05, 3.63) is 34.1 Å². The lowest BCUT2D eigenvalue weighted by molar-refractivity contribution is 0.134. The molecule has 1 aliphatic carbocycles. The van der Waals surface area contributed by atoms with Gasteiger partial charge in [-0.2, -0.15) is 0 Å². The van der Waals surface area contributed by atoms with E-state index in [9.17, 15) is 4.39 Å². The lowest BCUT2D eigenvalue weighted by Crippen LogP contribution is -2.51. The number of benzene rings is 1. The summed E-state index contributed by atoms with van der Waals surface area (Å²) in [5.41, 5.74) is 0.803. The van der Waals surface area contributed by atoms with Crippen LogP contribution in [0, 0.1) is 11.7 Å². The van der Waals surface area contributed by atoms with E-state index in [2.05, 4.69) is 26.1 Å². The normalized spacial score (nSPS) is 25.3. The Labute approximate surface area is 116 Å². The van der Waals surface area contributed by atoms with Gasteiger partial charge in [0, 0.05) is 42.3 Å². The van der Waals surface area contributed by atoms with Crippen LogP contribution in [0.4, 0.5) is 4.39 Å². The van der Waals surface area contributed by atoms with Crippen molar-refractivity contribution in [2.75, 3.05) is 19.6 Å². The Balaban J connectivity index is 1.75. The van der Waals surface area contributed by atoms with Crippen LogP contribution in [0.2, 0.25) is 0 Å². The van der Waals surface area contributed by atoms with Crippen LogP contribution < -0.4 is 5.32 Å². The molecule has 0 spiro atoms. The van der Waals surface area contributed by atoms with E-state index in [1.807, 2.05) is 6.07 Å². The summed E-state index contributed by atoms with van der Waals surface area (Å²) in [6.45, 7) is 3.82. The van der Waals surface area contributed by atoms with E-state index in [1.54, 1.807) is 12.1 Å². The molecule has 0 radical (unpaired) electrons. The molecule has 18 heavy (non-hydrogen) atoms. The Bertz CT molecular complexity index is 434. The molecule has 4 heteroatoms. The van der Waals surface area contributed by atoms with E-state index >= 15 is 0 Å². The largest absolute Gasteiger partial charge is 0.314 e. The van der Waals surface area contributed by atoms with Crippen LogP contribution in [0.5, 0.6) is 0 Å². The molecule has 1 aromatic carbocycles. The van der Waals surface area contributed by atoms with Gasteiger partial charge in [0.2, 0.25) is 0 Å². The number of halogens is 2. The first-order valence-electron chi connectivity index (χ1n) is 6.63. The summed E-state index contributed by atoms with van der Waals surface area (Å²) >= 11 is 3.42. The molecule has 0 aromatic heterocycles. The van der Waals surface area contributed by atoms with Gasteiger partial charge < -0.3 is 5.32 Å². The van der Waals surface area contributed by atoms with E-state index in [0.29, 0.717) is 6.04 Å². The smallest absolute Gasteiger partial charge is 0.127 e. The highest BCUT2D eigenvalue weighted by Crippen LogP contribution is 2.36. The maximum absolute atomic E-state index is 13.8. The van der Waals surface area contributed by atoms with Crippen LogP contribution >= 0.6 is 15.9 Å². The molecular weight excluding hydrogens is 295 g/mol. The molecular formula is C14H18BrFN2. The van der Waals surface area contributed by atoms with Gasteiger partial charge in [-0.05, 0) is 37.0 Å². The van der Waals surface area contributed by atoms with Gasteiger partial charge in [0.15, 0.2) is 0 Å². The summed E-state index contributed by atoms with van der Waals surface area (Å²) in [5, 5.41) is 3.45. The van der Waals surface area contributed by atoms with Crippen LogP contribution in [-0.4, -0.2) is 30.6 Å². The SMILES string of the molecule is Fc1ccc(Br)cc1CN1CCNCC1C1CC1. The van der Waals surface area contributed by atoms with Gasteiger partial charge in [0.25, 0.3) is 0 Å². The van der Waals surface area contributed by atoms with E-state index in [-0.39, 0.29) is 5.82 Å². The number of nitrogens with one attached hydrogen (secondary N) is 1. The summed E-state index contributed by atoms with van der Waals surface area (Å²) in [6.07, 6.45) is 2.67. The summed E-state index contributed by atoms with van der Waals surface area (Å²) < 4.78 is 14.8. The molecule has 1 aliphatic heterocycles. The highest BCUT2D eigenvalue weighted by molar-refractivity contribution is 9.10. The Morgan fingerprint density at radius 1 is 1.39 bits per heavy atom. The molecule has 1 unspecified atom stereocenters. The van der Waals surface area contributed by atoms with Crippen LogP contribution in [-0.2, 0) is 6.54 Å². The fourth-order valence-electron chi connectivity index (χ4n) is 2.79. The van der Waals surface area contributed by atoms with E-state index in [1.165, 1.54) is 12.8 Å². The first kappa shape index (κ1) is 12.6. The zero-order valence-electron chi connectivity index (χ0n) is 10.3. The number of nitrogens with zero attached hydrogens (tertiary/aromatic N) is 1. The van der Waals surface area contributed by atoms with Crippen molar-refractivity contribution in [3.8, 4) is 0 Å².